The van der Waals surface area contributed by atoms with Crippen molar-refractivity contribution in [2.24, 2.45) is 0 Å². The fraction of sp³-hybridized carbons (Fsp3) is 0.233. The maximum absolute atomic E-state index is 12.0. The molecule has 5 aromatic carbocycles. The summed E-state index contributed by atoms with van der Waals surface area (Å²) in [7, 11) is 0. The normalized spacial score (nSPS) is 13.9. The van der Waals surface area contributed by atoms with Gasteiger partial charge in [0.25, 0.3) is 0 Å². The molecule has 0 unspecified atom stereocenters. The van der Waals surface area contributed by atoms with Crippen molar-refractivity contribution < 1.29 is 24.1 Å². The average molecular weight is 686 g/mol. The number of hydrogen-bond acceptors (Lipinski definition) is 6. The number of aliphatic hydroxyl groups excluding tert-OH is 1. The summed E-state index contributed by atoms with van der Waals surface area (Å²) in [6, 6.07) is 47.9. The lowest BCUT2D eigenvalue weighted by atomic mass is 10.0. The summed E-state index contributed by atoms with van der Waals surface area (Å²) in [4.78, 5) is 0.508. The first-order valence-corrected chi connectivity index (χ1v) is 17.3. The van der Waals surface area contributed by atoms with Crippen molar-refractivity contribution in [1.82, 2.24) is 4.57 Å². The first kappa shape index (κ1) is 35.4. The molecule has 0 saturated heterocycles. The van der Waals surface area contributed by atoms with Gasteiger partial charge in [0, 0.05) is 11.6 Å². The summed E-state index contributed by atoms with van der Waals surface area (Å²) >= 11 is 6.33. The Morgan fingerprint density at radius 3 is 1.56 bits per heavy atom. The second-order valence-corrected chi connectivity index (χ2v) is 12.8. The van der Waals surface area contributed by atoms with Gasteiger partial charge >= 0.3 is 0 Å². The van der Waals surface area contributed by atoms with Crippen LogP contribution in [0, 0.1) is 6.92 Å². The highest BCUT2D eigenvalue weighted by Crippen LogP contribution is 2.27. The largest absolute Gasteiger partial charge is 0.388 e. The summed E-state index contributed by atoms with van der Waals surface area (Å²) < 4.78 is 28.3. The molecule has 6 nitrogen and oxygen atoms in total. The number of rotatable bonds is 17. The van der Waals surface area contributed by atoms with Crippen molar-refractivity contribution >= 4 is 28.1 Å². The number of nitrogens with zero attached hydrogens (tertiary/aromatic N) is 1. The van der Waals surface area contributed by atoms with E-state index in [-0.39, 0.29) is 26.4 Å². The van der Waals surface area contributed by atoms with Gasteiger partial charge in [0.1, 0.15) is 29.4 Å². The summed E-state index contributed by atoms with van der Waals surface area (Å²) in [6.07, 6.45) is -1.53. The summed E-state index contributed by atoms with van der Waals surface area (Å²) in [6.45, 7) is 3.22. The van der Waals surface area contributed by atoms with Crippen molar-refractivity contribution in [1.29, 1.82) is 0 Å². The average Bonchev–Trinajstić information content (AvgIpc) is 3.51. The Morgan fingerprint density at radius 2 is 1.02 bits per heavy atom. The number of hydrogen-bond donors (Lipinski definition) is 1. The van der Waals surface area contributed by atoms with Crippen LogP contribution in [0.1, 0.15) is 27.8 Å². The predicted octanol–water partition coefficient (Wildman–Crippen LogP) is 8.46. The van der Waals surface area contributed by atoms with Gasteiger partial charge in [-0.3, -0.25) is 0 Å². The molecule has 0 aliphatic carbocycles. The molecule has 0 amide bonds. The van der Waals surface area contributed by atoms with Crippen LogP contribution in [0.25, 0.3) is 10.9 Å². The number of aliphatic hydroxyl groups is 1. The van der Waals surface area contributed by atoms with Crippen molar-refractivity contribution in [2.75, 3.05) is 6.61 Å². The fourth-order valence-electron chi connectivity index (χ4n) is 6.02. The van der Waals surface area contributed by atoms with Gasteiger partial charge in [-0.2, -0.15) is 0 Å². The van der Waals surface area contributed by atoms with Gasteiger partial charge in [-0.15, -0.1) is 0 Å². The Hall–Kier alpha value is -4.47. The first-order valence-electron chi connectivity index (χ1n) is 16.9. The lowest BCUT2D eigenvalue weighted by molar-refractivity contribution is -0.175. The zero-order valence-electron chi connectivity index (χ0n) is 28.2. The molecular formula is C43H43NO5S. The standard InChI is InChI=1S/C43H43NO5S/c1-32-26-44(38-25-15-14-24-37(32)38)43(50)42(49-30-36-22-12-5-13-23-36)41(48-29-35-20-10-4-11-21-35)40(47-28-34-18-8-3-9-19-34)39(45)31-46-27-33-16-6-2-7-17-33/h2-26,39-42,45H,27-31H2,1H3/t39-,40-,41+,42-/m1/s1. The van der Waals surface area contributed by atoms with Crippen LogP contribution in [0.15, 0.2) is 152 Å². The molecule has 50 heavy (non-hydrogen) atoms. The quantitative estimate of drug-likeness (QED) is 0.0973. The van der Waals surface area contributed by atoms with Crippen LogP contribution in [0.3, 0.4) is 0 Å². The molecule has 0 fully saturated rings. The van der Waals surface area contributed by atoms with Gasteiger partial charge in [-0.25, -0.2) is 0 Å². The lowest BCUT2D eigenvalue weighted by Crippen LogP contribution is -2.53. The van der Waals surface area contributed by atoms with Gasteiger partial charge in [-0.05, 0) is 40.8 Å². The monoisotopic (exact) mass is 685 g/mol. The molecule has 256 valence electrons. The van der Waals surface area contributed by atoms with E-state index in [1.807, 2.05) is 144 Å². The minimum atomic E-state index is -1.07. The van der Waals surface area contributed by atoms with Crippen molar-refractivity contribution in [3.05, 3.63) is 180 Å². The van der Waals surface area contributed by atoms with Crippen LogP contribution in [-0.2, 0) is 45.4 Å². The zero-order chi connectivity index (χ0) is 34.5. The van der Waals surface area contributed by atoms with E-state index in [9.17, 15) is 5.11 Å². The van der Waals surface area contributed by atoms with Crippen LogP contribution in [-0.4, -0.2) is 45.7 Å². The molecular weight excluding hydrogens is 643 g/mol. The second-order valence-electron chi connectivity index (χ2n) is 12.3. The third-order valence-electron chi connectivity index (χ3n) is 8.64. The molecule has 0 bridgehead atoms. The number of thiocarbonyl (C=S) groups is 1. The van der Waals surface area contributed by atoms with Crippen LogP contribution in [0.5, 0.6) is 0 Å². The Bertz CT molecular complexity index is 1900. The van der Waals surface area contributed by atoms with Gasteiger partial charge in [0.05, 0.1) is 38.6 Å². The highest BCUT2D eigenvalue weighted by molar-refractivity contribution is 7.80. The maximum atomic E-state index is 12.0. The molecule has 4 atom stereocenters. The molecule has 0 spiro atoms. The molecule has 1 N–H and O–H groups in total. The molecule has 0 saturated carbocycles. The molecule has 0 aliphatic rings. The summed E-state index contributed by atoms with van der Waals surface area (Å²) in [5.41, 5.74) is 6.01. The van der Waals surface area contributed by atoms with Crippen LogP contribution in [0.2, 0.25) is 0 Å². The Morgan fingerprint density at radius 1 is 0.580 bits per heavy atom. The summed E-state index contributed by atoms with van der Waals surface area (Å²) in [5, 5.41) is 13.1. The third kappa shape index (κ3) is 9.40. The van der Waals surface area contributed by atoms with Crippen LogP contribution >= 0.6 is 12.2 Å². The van der Waals surface area contributed by atoms with E-state index >= 15 is 0 Å². The van der Waals surface area contributed by atoms with E-state index in [0.717, 1.165) is 38.7 Å². The highest BCUT2D eigenvalue weighted by Gasteiger charge is 2.40. The molecule has 7 heteroatoms. The maximum Gasteiger partial charge on any atom is 0.137 e. The zero-order valence-corrected chi connectivity index (χ0v) is 29.0. The van der Waals surface area contributed by atoms with E-state index in [2.05, 4.69) is 19.1 Å². The van der Waals surface area contributed by atoms with Crippen molar-refractivity contribution in [2.45, 2.75) is 57.8 Å². The minimum Gasteiger partial charge on any atom is -0.388 e. The molecule has 0 radical (unpaired) electrons. The Balaban J connectivity index is 1.38. The first-order chi connectivity index (χ1) is 24.6. The topological polar surface area (TPSA) is 62.1 Å². The molecule has 6 rings (SSSR count). The number of ether oxygens (including phenoxy) is 4. The van der Waals surface area contributed by atoms with Crippen molar-refractivity contribution in [3.8, 4) is 0 Å². The smallest absolute Gasteiger partial charge is 0.137 e. The van der Waals surface area contributed by atoms with E-state index in [4.69, 9.17) is 31.2 Å². The van der Waals surface area contributed by atoms with E-state index in [0.29, 0.717) is 11.6 Å². The highest BCUT2D eigenvalue weighted by atomic mass is 32.1. The number of fused-ring (bicyclic) bond motifs is 1. The number of benzene rings is 5. The SMILES string of the molecule is Cc1cn(C(=S)[C@H](OCc2ccccc2)[C@@H](OCc2ccccc2)[C@H](OCc2ccccc2)[C@H](O)COCc2ccccc2)c2ccccc12. The van der Waals surface area contributed by atoms with E-state index in [1.54, 1.807) is 0 Å². The minimum absolute atomic E-state index is 0.0171. The van der Waals surface area contributed by atoms with Crippen LogP contribution < -0.4 is 0 Å². The summed E-state index contributed by atoms with van der Waals surface area (Å²) in [5.74, 6) is 0. The Kier molecular flexibility index (Phi) is 12.7. The van der Waals surface area contributed by atoms with Crippen LogP contribution in [0.4, 0.5) is 0 Å². The van der Waals surface area contributed by atoms with Gasteiger partial charge < -0.3 is 28.6 Å². The fourth-order valence-corrected chi connectivity index (χ4v) is 6.37. The van der Waals surface area contributed by atoms with Crippen molar-refractivity contribution in [3.63, 3.8) is 0 Å². The Labute approximate surface area is 299 Å². The number of para-hydroxylation sites is 1. The van der Waals surface area contributed by atoms with Gasteiger partial charge in [-0.1, -0.05) is 152 Å². The molecule has 0 aliphatic heterocycles. The number of aryl methyl sites for hydroxylation is 1. The molecule has 6 aromatic rings. The van der Waals surface area contributed by atoms with Gasteiger partial charge in [0.2, 0.25) is 0 Å². The van der Waals surface area contributed by atoms with E-state index in [1.165, 1.54) is 0 Å². The third-order valence-corrected chi connectivity index (χ3v) is 9.07. The lowest BCUT2D eigenvalue weighted by Gasteiger charge is -2.36. The molecule has 1 heterocycles. The molecule has 1 aromatic heterocycles. The number of aromatic nitrogens is 1. The second kappa shape index (κ2) is 18.0. The van der Waals surface area contributed by atoms with Gasteiger partial charge in [0.15, 0.2) is 0 Å². The van der Waals surface area contributed by atoms with E-state index < -0.39 is 24.4 Å². The predicted molar refractivity (Wildman–Crippen MR) is 202 cm³/mol.